The molecule has 2 aromatic heterocycles. The van der Waals surface area contributed by atoms with E-state index in [-0.39, 0.29) is 40.5 Å². The predicted molar refractivity (Wildman–Crippen MR) is 166 cm³/mol. The lowest BCUT2D eigenvalue weighted by Gasteiger charge is -2.53. The van der Waals surface area contributed by atoms with Gasteiger partial charge in [0.05, 0.1) is 0 Å². The van der Waals surface area contributed by atoms with E-state index in [2.05, 4.69) is 54.6 Å². The number of nitrogens with zero attached hydrogens (tertiary/aromatic N) is 9. The molecule has 0 aromatic carbocycles. The quantitative estimate of drug-likeness (QED) is 0.109. The van der Waals surface area contributed by atoms with E-state index < -0.39 is 28.7 Å². The SMILES string of the molecule is CON=C(C(=O)NC1C(=O)N2CC(CSc3nnnn3CCCN3CCN(C(C)C)CC3)(C(=O)O)CS[C@H]12)c1csc(N)n1. The summed E-state index contributed by atoms with van der Waals surface area (Å²) in [4.78, 5) is 53.9. The average molecular weight is 668 g/mol. The van der Waals surface area contributed by atoms with Crippen LogP contribution in [0.2, 0.25) is 0 Å². The normalized spacial score (nSPS) is 24.7. The number of thioether (sulfide) groups is 2. The van der Waals surface area contributed by atoms with E-state index in [0.29, 0.717) is 17.7 Å². The zero-order valence-electron chi connectivity index (χ0n) is 24.8. The smallest absolute Gasteiger partial charge is 0.313 e. The summed E-state index contributed by atoms with van der Waals surface area (Å²) in [5.41, 5.74) is 4.62. The number of anilines is 1. The molecule has 5 rings (SSSR count). The van der Waals surface area contributed by atoms with Gasteiger partial charge >= 0.3 is 5.97 Å². The Morgan fingerprint density at radius 2 is 2.07 bits per heavy atom. The van der Waals surface area contributed by atoms with E-state index >= 15 is 0 Å². The van der Waals surface area contributed by atoms with Crippen molar-refractivity contribution in [3.63, 3.8) is 0 Å². The first-order chi connectivity index (χ1) is 21.1. The summed E-state index contributed by atoms with van der Waals surface area (Å²) in [6.45, 7) is 10.3. The Kier molecular flexibility index (Phi) is 10.3. The second kappa shape index (κ2) is 14.0. The number of piperazine rings is 1. The van der Waals surface area contributed by atoms with Crippen molar-refractivity contribution in [3.8, 4) is 0 Å². The molecule has 3 aliphatic heterocycles. The maximum absolute atomic E-state index is 13.1. The molecule has 0 spiro atoms. The fraction of sp³-hybridized carbons (Fsp3) is 0.680. The molecule has 4 N–H and O–H groups in total. The van der Waals surface area contributed by atoms with Crippen molar-refractivity contribution < 1.29 is 24.3 Å². The Morgan fingerprint density at radius 1 is 1.30 bits per heavy atom. The number of nitrogens with one attached hydrogen (secondary N) is 1. The summed E-state index contributed by atoms with van der Waals surface area (Å²) in [6.07, 6.45) is 0.879. The molecule has 3 saturated heterocycles. The van der Waals surface area contributed by atoms with Crippen LogP contribution in [-0.4, -0.2) is 144 Å². The summed E-state index contributed by atoms with van der Waals surface area (Å²) < 4.78 is 1.72. The largest absolute Gasteiger partial charge is 0.481 e. The molecule has 3 aliphatic rings. The highest BCUT2D eigenvalue weighted by atomic mass is 32.2. The Balaban J connectivity index is 1.14. The van der Waals surface area contributed by atoms with Gasteiger partial charge in [-0.1, -0.05) is 16.9 Å². The van der Waals surface area contributed by atoms with Crippen LogP contribution in [0, 0.1) is 5.41 Å². The number of rotatable bonds is 13. The molecule has 2 amide bonds. The molecule has 2 unspecified atom stereocenters. The van der Waals surface area contributed by atoms with Crippen molar-refractivity contribution in [2.45, 2.75) is 49.4 Å². The van der Waals surface area contributed by atoms with Gasteiger partial charge in [0.15, 0.2) is 10.8 Å². The Hall–Kier alpha value is -3.00. The van der Waals surface area contributed by atoms with Crippen LogP contribution in [0.25, 0.3) is 0 Å². The van der Waals surface area contributed by atoms with E-state index in [9.17, 15) is 19.5 Å². The lowest BCUT2D eigenvalue weighted by molar-refractivity contribution is -0.157. The van der Waals surface area contributed by atoms with Gasteiger partial charge in [0.1, 0.15) is 29.6 Å². The number of nitrogen functional groups attached to an aromatic ring is 1. The molecule has 16 nitrogen and oxygen atoms in total. The fourth-order valence-electron chi connectivity index (χ4n) is 5.40. The summed E-state index contributed by atoms with van der Waals surface area (Å²) in [6, 6.07) is -0.267. The summed E-state index contributed by atoms with van der Waals surface area (Å²) in [5.74, 6) is -1.55. The molecule has 2 aromatic rings. The summed E-state index contributed by atoms with van der Waals surface area (Å²) >= 11 is 3.76. The van der Waals surface area contributed by atoms with Crippen molar-refractivity contribution in [1.29, 1.82) is 0 Å². The van der Waals surface area contributed by atoms with Crippen molar-refractivity contribution in [2.75, 3.05) is 63.6 Å². The van der Waals surface area contributed by atoms with Crippen LogP contribution in [-0.2, 0) is 25.8 Å². The predicted octanol–water partition coefficient (Wildman–Crippen LogP) is -0.258. The molecule has 0 aliphatic carbocycles. The van der Waals surface area contributed by atoms with Crippen LogP contribution < -0.4 is 11.1 Å². The number of fused-ring (bicyclic) bond motifs is 1. The van der Waals surface area contributed by atoms with Crippen LogP contribution >= 0.6 is 34.9 Å². The molecule has 0 bridgehead atoms. The van der Waals surface area contributed by atoms with Gasteiger partial charge < -0.3 is 30.8 Å². The first-order valence-electron chi connectivity index (χ1n) is 14.3. The number of amides is 2. The van der Waals surface area contributed by atoms with Crippen molar-refractivity contribution in [3.05, 3.63) is 11.1 Å². The number of hydrogen-bond donors (Lipinski definition) is 3. The Morgan fingerprint density at radius 3 is 2.73 bits per heavy atom. The third-order valence-corrected chi connectivity index (χ3v) is 11.5. The number of carbonyl (C=O) groups is 3. The average Bonchev–Trinajstić information content (AvgIpc) is 3.65. The van der Waals surface area contributed by atoms with Crippen LogP contribution in [0.4, 0.5) is 5.13 Å². The van der Waals surface area contributed by atoms with E-state index in [4.69, 9.17) is 10.6 Å². The molecule has 5 heterocycles. The molecule has 240 valence electrons. The number of carboxylic acids is 1. The van der Waals surface area contributed by atoms with Gasteiger partial charge in [0.2, 0.25) is 11.1 Å². The van der Waals surface area contributed by atoms with E-state index in [1.54, 1.807) is 10.1 Å². The number of hydrogen-bond acceptors (Lipinski definition) is 15. The van der Waals surface area contributed by atoms with Crippen LogP contribution in [0.1, 0.15) is 26.0 Å². The summed E-state index contributed by atoms with van der Waals surface area (Å²) in [7, 11) is 1.30. The minimum Gasteiger partial charge on any atom is -0.481 e. The number of nitrogens with two attached hydrogens (primary N) is 1. The highest BCUT2D eigenvalue weighted by Crippen LogP contribution is 2.44. The van der Waals surface area contributed by atoms with E-state index in [1.807, 2.05) is 0 Å². The summed E-state index contributed by atoms with van der Waals surface area (Å²) in [5, 5.41) is 30.8. The van der Waals surface area contributed by atoms with Gasteiger partial charge in [-0.2, -0.15) is 0 Å². The standard InChI is InChI=1S/C25H37N11O5S3/c1-15(2)34-9-7-33(8-10-34)5-4-6-36-24(29-31-32-36)44-14-25(22(39)40)12-35-20(38)18(21(35)43-13-25)28-19(37)17(30-41-3)16-11-42-23(26)27-16/h11,15,18,21H,4-10,12-14H2,1-3H3,(H2,26,27)(H,28,37)(H,39,40)/t18?,21-,25?/m1/s1. The van der Waals surface area contributed by atoms with E-state index in [1.165, 1.54) is 35.5 Å². The lowest BCUT2D eigenvalue weighted by Crippen LogP contribution is -2.74. The maximum Gasteiger partial charge on any atom is 0.313 e. The number of tetrazole rings is 1. The zero-order valence-corrected chi connectivity index (χ0v) is 27.2. The third-order valence-electron chi connectivity index (χ3n) is 8.01. The molecule has 3 atom stereocenters. The van der Waals surface area contributed by atoms with Crippen LogP contribution in [0.5, 0.6) is 0 Å². The van der Waals surface area contributed by atoms with Crippen LogP contribution in [0.15, 0.2) is 15.7 Å². The topological polar surface area (TPSA) is 197 Å². The number of aromatic nitrogens is 5. The minimum atomic E-state index is -1.20. The number of thiazole rings is 1. The van der Waals surface area contributed by atoms with Crippen molar-refractivity contribution in [2.24, 2.45) is 10.6 Å². The Labute approximate surface area is 267 Å². The minimum absolute atomic E-state index is 0.0176. The highest BCUT2D eigenvalue weighted by Gasteiger charge is 2.57. The lowest BCUT2D eigenvalue weighted by atomic mass is 9.89. The zero-order chi connectivity index (χ0) is 31.4. The molecule has 0 radical (unpaired) electrons. The molecule has 0 saturated carbocycles. The fourth-order valence-corrected chi connectivity index (χ4v) is 8.71. The number of carbonyl (C=O) groups excluding carboxylic acids is 2. The van der Waals surface area contributed by atoms with E-state index in [0.717, 1.165) is 50.5 Å². The number of aryl methyl sites for hydroxylation is 1. The second-order valence-electron chi connectivity index (χ2n) is 11.2. The molecule has 44 heavy (non-hydrogen) atoms. The highest BCUT2D eigenvalue weighted by molar-refractivity contribution is 8.00. The van der Waals surface area contributed by atoms with Crippen molar-refractivity contribution >= 4 is 63.5 Å². The van der Waals surface area contributed by atoms with Crippen molar-refractivity contribution in [1.82, 2.24) is 45.2 Å². The van der Waals surface area contributed by atoms with Gasteiger partial charge in [0, 0.05) is 68.7 Å². The molecular weight excluding hydrogens is 631 g/mol. The first-order valence-corrected chi connectivity index (χ1v) is 17.2. The molecule has 19 heteroatoms. The molecule has 3 fully saturated rings. The number of oxime groups is 1. The third kappa shape index (κ3) is 6.95. The van der Waals surface area contributed by atoms with Gasteiger partial charge in [-0.25, -0.2) is 9.67 Å². The monoisotopic (exact) mass is 667 g/mol. The second-order valence-corrected chi connectivity index (χ2v) is 14.1. The van der Waals surface area contributed by atoms with Gasteiger partial charge in [0.25, 0.3) is 5.91 Å². The number of aliphatic carboxylic acids is 1. The first kappa shape index (κ1) is 32.4. The van der Waals surface area contributed by atoms with Gasteiger partial charge in [-0.3, -0.25) is 19.3 Å². The van der Waals surface area contributed by atoms with Gasteiger partial charge in [-0.15, -0.1) is 28.2 Å². The van der Waals surface area contributed by atoms with Crippen LogP contribution in [0.3, 0.4) is 0 Å². The Bertz CT molecular complexity index is 1380. The molecular formula is C25H37N11O5S3. The number of β-lactam (4-membered cyclic amide) rings is 1. The van der Waals surface area contributed by atoms with Gasteiger partial charge in [-0.05, 0) is 30.7 Å². The number of carboxylic acid groups (broad SMARTS) is 1. The maximum atomic E-state index is 13.1.